The second-order valence-corrected chi connectivity index (χ2v) is 6.08. The Balaban J connectivity index is 2.60. The fourth-order valence-electron chi connectivity index (χ4n) is 2.03. The van der Waals surface area contributed by atoms with Gasteiger partial charge in [-0.15, -0.1) is 0 Å². The average molecular weight is 435 g/mol. The number of hydrogen-bond donors (Lipinski definition) is 0. The average Bonchev–Trinajstić information content (AvgIpc) is 2.54. The monoisotopic (exact) mass is 433 g/mol. The second kappa shape index (κ2) is 7.26. The number of carbonyl (C=O) groups excluding carboxylic acids is 2. The second-order valence-electron chi connectivity index (χ2n) is 4.31. The zero-order valence-electron chi connectivity index (χ0n) is 11.9. The highest BCUT2D eigenvalue weighted by molar-refractivity contribution is 9.11. The summed E-state index contributed by atoms with van der Waals surface area (Å²) in [4.78, 5) is 25.6. The van der Waals surface area contributed by atoms with E-state index in [0.717, 1.165) is 8.95 Å². The Bertz CT molecular complexity index is 644. The van der Waals surface area contributed by atoms with E-state index in [-0.39, 0.29) is 24.6 Å². The third-order valence-electron chi connectivity index (χ3n) is 3.03. The van der Waals surface area contributed by atoms with E-state index >= 15 is 0 Å². The summed E-state index contributed by atoms with van der Waals surface area (Å²) in [5, 5.41) is 0. The summed E-state index contributed by atoms with van der Waals surface area (Å²) < 4.78 is 16.5. The van der Waals surface area contributed by atoms with Crippen molar-refractivity contribution in [3.8, 4) is 0 Å². The maximum absolute atomic E-state index is 12.2. The molecule has 8 heteroatoms. The first-order valence-corrected chi connectivity index (χ1v) is 7.78. The molecule has 0 amide bonds. The van der Waals surface area contributed by atoms with Crippen LogP contribution in [0.1, 0.15) is 0 Å². The minimum atomic E-state index is -0.629. The molecule has 22 heavy (non-hydrogen) atoms. The predicted molar refractivity (Wildman–Crippen MR) is 86.2 cm³/mol. The maximum atomic E-state index is 12.2. The molecule has 6 nitrogen and oxygen atoms in total. The molecule has 1 aliphatic rings. The third-order valence-corrected chi connectivity index (χ3v) is 4.20. The van der Waals surface area contributed by atoms with Gasteiger partial charge in [-0.05, 0) is 34.1 Å². The highest BCUT2D eigenvalue weighted by Gasteiger charge is 2.33. The van der Waals surface area contributed by atoms with Crippen molar-refractivity contribution in [1.82, 2.24) is 0 Å². The van der Waals surface area contributed by atoms with E-state index in [4.69, 9.17) is 14.2 Å². The largest absolute Gasteiger partial charge is 0.466 e. The van der Waals surface area contributed by atoms with Gasteiger partial charge in [0, 0.05) is 8.95 Å². The fourth-order valence-corrected chi connectivity index (χ4v) is 2.84. The van der Waals surface area contributed by atoms with Crippen molar-refractivity contribution in [3.63, 3.8) is 0 Å². The van der Waals surface area contributed by atoms with Crippen LogP contribution in [0, 0.1) is 0 Å². The zero-order chi connectivity index (χ0) is 16.3. The Labute approximate surface area is 144 Å². The maximum Gasteiger partial charge on any atom is 0.355 e. The summed E-state index contributed by atoms with van der Waals surface area (Å²) in [7, 11) is 2.51. The molecule has 1 aliphatic heterocycles. The van der Waals surface area contributed by atoms with Crippen LogP contribution < -0.4 is 4.90 Å². The van der Waals surface area contributed by atoms with Crippen LogP contribution in [0.2, 0.25) is 0 Å². The number of nitrogens with zero attached hydrogens (tertiary/aromatic N) is 1. The van der Waals surface area contributed by atoms with Crippen molar-refractivity contribution in [2.75, 3.05) is 32.5 Å². The molecule has 0 atom stereocenters. The lowest BCUT2D eigenvalue weighted by molar-refractivity contribution is -0.140. The van der Waals surface area contributed by atoms with Crippen LogP contribution in [0.4, 0.5) is 5.69 Å². The topological polar surface area (TPSA) is 65.1 Å². The SMILES string of the molecule is COC(=O)C1=C(C(=O)OC)N(c2cc(Br)ccc2Br)COC1. The molecule has 1 aromatic rings. The van der Waals surface area contributed by atoms with Crippen LogP contribution in [0.5, 0.6) is 0 Å². The number of esters is 2. The lowest BCUT2D eigenvalue weighted by atomic mass is 10.1. The fraction of sp³-hybridized carbons (Fsp3) is 0.286. The predicted octanol–water partition coefficient (Wildman–Crippen LogP) is 2.61. The summed E-state index contributed by atoms with van der Waals surface area (Å²) in [6, 6.07) is 5.47. The van der Waals surface area contributed by atoms with Gasteiger partial charge in [0.05, 0.1) is 32.1 Å². The van der Waals surface area contributed by atoms with E-state index in [0.29, 0.717) is 5.69 Å². The summed E-state index contributed by atoms with van der Waals surface area (Å²) in [5.41, 5.74) is 0.891. The molecule has 0 aliphatic carbocycles. The van der Waals surface area contributed by atoms with E-state index in [9.17, 15) is 9.59 Å². The van der Waals surface area contributed by atoms with Gasteiger partial charge in [0.2, 0.25) is 0 Å². The summed E-state index contributed by atoms with van der Waals surface area (Å²) in [5.74, 6) is -1.26. The Morgan fingerprint density at radius 3 is 2.50 bits per heavy atom. The molecule has 1 heterocycles. The molecule has 0 spiro atoms. The molecule has 0 unspecified atom stereocenters. The Kier molecular flexibility index (Phi) is 5.60. The molecule has 1 aromatic carbocycles. The molecule has 0 aromatic heterocycles. The molecule has 118 valence electrons. The van der Waals surface area contributed by atoms with Crippen molar-refractivity contribution < 1.29 is 23.8 Å². The zero-order valence-corrected chi connectivity index (χ0v) is 15.1. The first-order valence-electron chi connectivity index (χ1n) is 6.19. The number of hydrogen-bond acceptors (Lipinski definition) is 6. The highest BCUT2D eigenvalue weighted by Crippen LogP contribution is 2.34. The number of carbonyl (C=O) groups is 2. The molecule has 0 N–H and O–H groups in total. The van der Waals surface area contributed by atoms with Gasteiger partial charge in [-0.1, -0.05) is 15.9 Å². The van der Waals surface area contributed by atoms with Gasteiger partial charge in [0.1, 0.15) is 12.4 Å². The molecule has 0 saturated carbocycles. The molecular weight excluding hydrogens is 422 g/mol. The van der Waals surface area contributed by atoms with Gasteiger partial charge in [-0.2, -0.15) is 0 Å². The van der Waals surface area contributed by atoms with Gasteiger partial charge >= 0.3 is 11.9 Å². The molecule has 0 fully saturated rings. The lowest BCUT2D eigenvalue weighted by Gasteiger charge is -2.32. The number of anilines is 1. The molecular formula is C14H13Br2NO5. The number of methoxy groups -OCH3 is 2. The third kappa shape index (κ3) is 3.34. The van der Waals surface area contributed by atoms with Crippen LogP contribution in [0.15, 0.2) is 38.4 Å². The Morgan fingerprint density at radius 1 is 1.18 bits per heavy atom. The quantitative estimate of drug-likeness (QED) is 0.681. The highest BCUT2D eigenvalue weighted by atomic mass is 79.9. The Hall–Kier alpha value is -1.38. The number of ether oxygens (including phenoxy) is 3. The van der Waals surface area contributed by atoms with Crippen molar-refractivity contribution in [3.05, 3.63) is 38.4 Å². The van der Waals surface area contributed by atoms with E-state index in [1.165, 1.54) is 14.2 Å². The van der Waals surface area contributed by atoms with Gasteiger partial charge < -0.3 is 19.1 Å². The van der Waals surface area contributed by atoms with Gasteiger partial charge in [-0.25, -0.2) is 9.59 Å². The number of rotatable bonds is 3. The van der Waals surface area contributed by atoms with Crippen molar-refractivity contribution in [2.24, 2.45) is 0 Å². The normalized spacial score (nSPS) is 14.8. The number of halogens is 2. The van der Waals surface area contributed by atoms with Gasteiger partial charge in [0.15, 0.2) is 0 Å². The van der Waals surface area contributed by atoms with E-state index < -0.39 is 11.9 Å². The standard InChI is InChI=1S/C14H13Br2NO5/c1-20-13(18)9-6-22-7-17(12(9)14(19)21-2)11-5-8(15)3-4-10(11)16/h3-5H,6-7H2,1-2H3. The van der Waals surface area contributed by atoms with Crippen LogP contribution >= 0.6 is 31.9 Å². The summed E-state index contributed by atoms with van der Waals surface area (Å²) >= 11 is 6.81. The first-order chi connectivity index (χ1) is 10.5. The van der Waals surface area contributed by atoms with Crippen LogP contribution in [-0.2, 0) is 23.8 Å². The van der Waals surface area contributed by atoms with Gasteiger partial charge in [-0.3, -0.25) is 0 Å². The van der Waals surface area contributed by atoms with Crippen molar-refractivity contribution >= 4 is 49.5 Å². The Morgan fingerprint density at radius 2 is 1.86 bits per heavy atom. The van der Waals surface area contributed by atoms with Crippen molar-refractivity contribution in [1.29, 1.82) is 0 Å². The van der Waals surface area contributed by atoms with E-state index in [1.54, 1.807) is 11.0 Å². The van der Waals surface area contributed by atoms with Gasteiger partial charge in [0.25, 0.3) is 0 Å². The molecule has 0 radical (unpaired) electrons. The smallest absolute Gasteiger partial charge is 0.355 e. The van der Waals surface area contributed by atoms with Crippen LogP contribution in [-0.4, -0.2) is 39.5 Å². The van der Waals surface area contributed by atoms with E-state index in [2.05, 4.69) is 31.9 Å². The summed E-state index contributed by atoms with van der Waals surface area (Å²) in [6.07, 6.45) is 0. The molecule has 2 rings (SSSR count). The molecule has 0 saturated heterocycles. The van der Waals surface area contributed by atoms with Crippen LogP contribution in [0.3, 0.4) is 0 Å². The minimum absolute atomic E-state index is 0.0147. The van der Waals surface area contributed by atoms with E-state index in [1.807, 2.05) is 12.1 Å². The number of benzene rings is 1. The molecule has 0 bridgehead atoms. The van der Waals surface area contributed by atoms with Crippen LogP contribution in [0.25, 0.3) is 0 Å². The van der Waals surface area contributed by atoms with Crippen molar-refractivity contribution in [2.45, 2.75) is 0 Å². The minimum Gasteiger partial charge on any atom is -0.466 e. The summed E-state index contributed by atoms with van der Waals surface area (Å²) in [6.45, 7) is 0.0964. The lowest BCUT2D eigenvalue weighted by Crippen LogP contribution is -2.39. The first kappa shape index (κ1) is 17.0.